The number of benzene rings is 1. The lowest BCUT2D eigenvalue weighted by Crippen LogP contribution is -2.29. The summed E-state index contributed by atoms with van der Waals surface area (Å²) in [5.74, 6) is 1.59. The highest BCUT2D eigenvalue weighted by Crippen LogP contribution is 2.22. The summed E-state index contributed by atoms with van der Waals surface area (Å²) in [7, 11) is 0. The number of fused-ring (bicyclic) bond motifs is 1. The number of aromatic nitrogens is 1. The predicted octanol–water partition coefficient (Wildman–Crippen LogP) is 3.41. The molecule has 1 saturated heterocycles. The number of rotatable bonds is 3. The van der Waals surface area contributed by atoms with E-state index in [2.05, 4.69) is 10.3 Å². The third-order valence-corrected chi connectivity index (χ3v) is 3.79. The van der Waals surface area contributed by atoms with Gasteiger partial charge in [0.05, 0.1) is 0 Å². The molecular weight excluding hydrogens is 248 g/mol. The molecule has 0 amide bonds. The largest absolute Gasteiger partial charge is 0.441 e. The Labute approximate surface area is 112 Å². The van der Waals surface area contributed by atoms with Gasteiger partial charge in [-0.1, -0.05) is 11.6 Å². The topological polar surface area (TPSA) is 38.1 Å². The first-order valence-corrected chi connectivity index (χ1v) is 6.95. The Morgan fingerprint density at radius 1 is 1.44 bits per heavy atom. The molecule has 3 rings (SSSR count). The van der Waals surface area contributed by atoms with E-state index in [1.165, 1.54) is 12.8 Å². The van der Waals surface area contributed by atoms with Gasteiger partial charge in [-0.2, -0.15) is 0 Å². The van der Waals surface area contributed by atoms with Crippen molar-refractivity contribution >= 4 is 22.7 Å². The van der Waals surface area contributed by atoms with E-state index in [1.54, 1.807) is 0 Å². The van der Waals surface area contributed by atoms with E-state index >= 15 is 0 Å². The molecule has 2 aromatic rings. The van der Waals surface area contributed by atoms with E-state index in [0.717, 1.165) is 48.8 Å². The normalized spacial score (nSPS) is 20.4. The molecule has 2 heterocycles. The van der Waals surface area contributed by atoms with Crippen LogP contribution in [0.1, 0.15) is 25.2 Å². The Balaban J connectivity index is 1.67. The fourth-order valence-electron chi connectivity index (χ4n) is 2.55. The van der Waals surface area contributed by atoms with Gasteiger partial charge in [-0.25, -0.2) is 4.98 Å². The van der Waals surface area contributed by atoms with Crippen molar-refractivity contribution in [2.45, 2.75) is 25.7 Å². The van der Waals surface area contributed by atoms with Crippen LogP contribution in [0.4, 0.5) is 0 Å². The third-order valence-electron chi connectivity index (χ3n) is 3.56. The van der Waals surface area contributed by atoms with Gasteiger partial charge in [-0.3, -0.25) is 0 Å². The first-order valence-electron chi connectivity index (χ1n) is 6.57. The second-order valence-electron chi connectivity index (χ2n) is 4.97. The van der Waals surface area contributed by atoms with Crippen molar-refractivity contribution in [3.63, 3.8) is 0 Å². The molecule has 0 bridgehead atoms. The Morgan fingerprint density at radius 2 is 2.39 bits per heavy atom. The highest BCUT2D eigenvalue weighted by molar-refractivity contribution is 6.31. The smallest absolute Gasteiger partial charge is 0.195 e. The maximum atomic E-state index is 5.94. The Bertz CT molecular complexity index is 532. The second-order valence-corrected chi connectivity index (χ2v) is 5.41. The molecule has 96 valence electrons. The van der Waals surface area contributed by atoms with Crippen LogP contribution in [0.2, 0.25) is 5.02 Å². The second kappa shape index (κ2) is 5.29. The lowest BCUT2D eigenvalue weighted by molar-refractivity contribution is 0.347. The van der Waals surface area contributed by atoms with Crippen molar-refractivity contribution in [3.8, 4) is 0 Å². The van der Waals surface area contributed by atoms with Gasteiger partial charge >= 0.3 is 0 Å². The van der Waals surface area contributed by atoms with Gasteiger partial charge in [0.25, 0.3) is 0 Å². The lowest BCUT2D eigenvalue weighted by Gasteiger charge is -2.21. The number of nitrogens with zero attached hydrogens (tertiary/aromatic N) is 1. The predicted molar refractivity (Wildman–Crippen MR) is 72.9 cm³/mol. The SMILES string of the molecule is Clc1ccc2oc(CCC3CCCNC3)nc2c1. The standard InChI is InChI=1S/C14H17ClN2O/c15-11-4-5-13-12(8-11)17-14(18-13)6-3-10-2-1-7-16-9-10/h4-5,8,10,16H,1-3,6-7,9H2. The minimum Gasteiger partial charge on any atom is -0.441 e. The molecular formula is C14H17ClN2O. The van der Waals surface area contributed by atoms with Crippen LogP contribution in [0.15, 0.2) is 22.6 Å². The van der Waals surface area contributed by atoms with Gasteiger partial charge in [0.1, 0.15) is 5.52 Å². The molecule has 1 aromatic carbocycles. The maximum absolute atomic E-state index is 5.94. The van der Waals surface area contributed by atoms with Crippen LogP contribution in [0.5, 0.6) is 0 Å². The van der Waals surface area contributed by atoms with E-state index in [1.807, 2.05) is 18.2 Å². The molecule has 4 heteroatoms. The number of nitrogens with one attached hydrogen (secondary N) is 1. The van der Waals surface area contributed by atoms with Crippen molar-refractivity contribution in [2.75, 3.05) is 13.1 Å². The molecule has 1 aliphatic rings. The van der Waals surface area contributed by atoms with E-state index in [-0.39, 0.29) is 0 Å². The average molecular weight is 265 g/mol. The summed E-state index contributed by atoms with van der Waals surface area (Å²) >= 11 is 5.94. The lowest BCUT2D eigenvalue weighted by atomic mass is 9.95. The van der Waals surface area contributed by atoms with Gasteiger partial charge in [-0.15, -0.1) is 0 Å². The van der Waals surface area contributed by atoms with Crippen LogP contribution in [-0.2, 0) is 6.42 Å². The quantitative estimate of drug-likeness (QED) is 0.923. The van der Waals surface area contributed by atoms with Gasteiger partial charge in [0.2, 0.25) is 0 Å². The van der Waals surface area contributed by atoms with Crippen molar-refractivity contribution in [3.05, 3.63) is 29.1 Å². The van der Waals surface area contributed by atoms with E-state index < -0.39 is 0 Å². The number of hydrogen-bond acceptors (Lipinski definition) is 3. The number of piperidine rings is 1. The van der Waals surface area contributed by atoms with Crippen molar-refractivity contribution in [1.82, 2.24) is 10.3 Å². The fraction of sp³-hybridized carbons (Fsp3) is 0.500. The monoisotopic (exact) mass is 264 g/mol. The summed E-state index contributed by atoms with van der Waals surface area (Å²) in [6.45, 7) is 2.30. The van der Waals surface area contributed by atoms with Crippen LogP contribution >= 0.6 is 11.6 Å². The highest BCUT2D eigenvalue weighted by Gasteiger charge is 2.14. The molecule has 1 atom stereocenters. The summed E-state index contributed by atoms with van der Waals surface area (Å²) in [6.07, 6.45) is 4.67. The Hall–Kier alpha value is -1.06. The number of hydrogen-bond donors (Lipinski definition) is 1. The molecule has 3 nitrogen and oxygen atoms in total. The van der Waals surface area contributed by atoms with Gasteiger partial charge in [-0.05, 0) is 56.5 Å². The Morgan fingerprint density at radius 3 is 3.22 bits per heavy atom. The van der Waals surface area contributed by atoms with E-state index in [4.69, 9.17) is 16.0 Å². The van der Waals surface area contributed by atoms with E-state index in [9.17, 15) is 0 Å². The minimum atomic E-state index is 0.707. The average Bonchev–Trinajstić information content (AvgIpc) is 2.79. The summed E-state index contributed by atoms with van der Waals surface area (Å²) in [5, 5.41) is 4.14. The molecule has 18 heavy (non-hydrogen) atoms. The molecule has 1 aliphatic heterocycles. The zero-order chi connectivity index (χ0) is 12.4. The minimum absolute atomic E-state index is 0.707. The van der Waals surface area contributed by atoms with Crippen molar-refractivity contribution < 1.29 is 4.42 Å². The molecule has 1 unspecified atom stereocenters. The summed E-state index contributed by atoms with van der Waals surface area (Å²) < 4.78 is 5.72. The van der Waals surface area contributed by atoms with Crippen molar-refractivity contribution in [1.29, 1.82) is 0 Å². The zero-order valence-corrected chi connectivity index (χ0v) is 11.0. The third kappa shape index (κ3) is 2.68. The molecule has 0 radical (unpaired) electrons. The van der Waals surface area contributed by atoms with Gasteiger partial charge < -0.3 is 9.73 Å². The first kappa shape index (κ1) is 12.0. The zero-order valence-electron chi connectivity index (χ0n) is 10.3. The fourth-order valence-corrected chi connectivity index (χ4v) is 2.72. The van der Waals surface area contributed by atoms with Crippen LogP contribution in [0.3, 0.4) is 0 Å². The molecule has 0 saturated carbocycles. The van der Waals surface area contributed by atoms with Gasteiger partial charge in [0, 0.05) is 11.4 Å². The summed E-state index contributed by atoms with van der Waals surface area (Å²) in [6, 6.07) is 5.58. The first-order chi connectivity index (χ1) is 8.81. The van der Waals surface area contributed by atoms with E-state index in [0.29, 0.717) is 5.02 Å². The summed E-state index contributed by atoms with van der Waals surface area (Å²) in [5.41, 5.74) is 1.69. The number of aryl methyl sites for hydroxylation is 1. The van der Waals surface area contributed by atoms with Crippen molar-refractivity contribution in [2.24, 2.45) is 5.92 Å². The molecule has 1 fully saturated rings. The molecule has 1 aromatic heterocycles. The van der Waals surface area contributed by atoms with Gasteiger partial charge in [0.15, 0.2) is 11.5 Å². The molecule has 1 N–H and O–H groups in total. The summed E-state index contributed by atoms with van der Waals surface area (Å²) in [4.78, 5) is 4.49. The van der Waals surface area contributed by atoms with Crippen LogP contribution in [0.25, 0.3) is 11.1 Å². The molecule has 0 aliphatic carbocycles. The van der Waals surface area contributed by atoms with Crippen LogP contribution in [-0.4, -0.2) is 18.1 Å². The molecule has 0 spiro atoms. The number of halogens is 1. The number of oxazole rings is 1. The maximum Gasteiger partial charge on any atom is 0.195 e. The van der Waals surface area contributed by atoms with Crippen LogP contribution in [0, 0.1) is 5.92 Å². The van der Waals surface area contributed by atoms with Crippen LogP contribution < -0.4 is 5.32 Å². The Kier molecular flexibility index (Phi) is 3.52. The highest BCUT2D eigenvalue weighted by atomic mass is 35.5.